The first-order chi connectivity index (χ1) is 9.60. The molecule has 0 fully saturated rings. The van der Waals surface area contributed by atoms with E-state index in [1.54, 1.807) is 18.2 Å². The van der Waals surface area contributed by atoms with Crippen molar-refractivity contribution in [1.29, 1.82) is 0 Å². The molecule has 0 spiro atoms. The van der Waals surface area contributed by atoms with Gasteiger partial charge in [-0.05, 0) is 18.2 Å². The van der Waals surface area contributed by atoms with Crippen LogP contribution >= 0.6 is 0 Å². The van der Waals surface area contributed by atoms with Gasteiger partial charge in [0.1, 0.15) is 12.4 Å². The number of nitrogens with one attached hydrogen (secondary N) is 2. The molecule has 1 aromatic rings. The molecular formula is C13H19N3O4. The first-order valence-electron chi connectivity index (χ1n) is 6.07. The van der Waals surface area contributed by atoms with E-state index in [0.29, 0.717) is 17.1 Å². The summed E-state index contributed by atoms with van der Waals surface area (Å²) in [6.07, 6.45) is 0.212. The van der Waals surface area contributed by atoms with Crippen molar-refractivity contribution in [2.45, 2.75) is 6.42 Å². The van der Waals surface area contributed by atoms with Crippen LogP contribution in [-0.2, 0) is 14.3 Å². The topological polar surface area (TPSA) is 103 Å². The van der Waals surface area contributed by atoms with E-state index in [4.69, 9.17) is 15.2 Å². The Bertz CT molecular complexity index is 477. The number of benzene rings is 1. The Labute approximate surface area is 117 Å². The number of carbonyl (C=O) groups excluding carboxylic acids is 2. The number of nitrogens with two attached hydrogens (primary N) is 1. The summed E-state index contributed by atoms with van der Waals surface area (Å²) in [5, 5.41) is 5.33. The average Bonchev–Trinajstić information content (AvgIpc) is 2.39. The summed E-state index contributed by atoms with van der Waals surface area (Å²) in [5.41, 5.74) is 6.33. The number of ether oxygens (including phenoxy) is 2. The molecule has 110 valence electrons. The fraction of sp³-hybridized carbons (Fsp3) is 0.385. The molecule has 0 heterocycles. The molecule has 0 aromatic heterocycles. The molecule has 0 radical (unpaired) electrons. The molecule has 0 aliphatic heterocycles. The van der Waals surface area contributed by atoms with Crippen molar-refractivity contribution in [3.63, 3.8) is 0 Å². The lowest BCUT2D eigenvalue weighted by atomic mass is 10.2. The van der Waals surface area contributed by atoms with Gasteiger partial charge in [-0.3, -0.25) is 9.59 Å². The number of anilines is 2. The van der Waals surface area contributed by atoms with Crippen molar-refractivity contribution in [2.24, 2.45) is 5.73 Å². The van der Waals surface area contributed by atoms with Crippen molar-refractivity contribution in [2.75, 3.05) is 38.0 Å². The van der Waals surface area contributed by atoms with Crippen LogP contribution in [0.1, 0.15) is 6.42 Å². The lowest BCUT2D eigenvalue weighted by Crippen LogP contribution is -2.18. The van der Waals surface area contributed by atoms with Crippen LogP contribution in [0.15, 0.2) is 18.2 Å². The molecule has 2 amide bonds. The van der Waals surface area contributed by atoms with E-state index < -0.39 is 0 Å². The maximum atomic E-state index is 11.6. The summed E-state index contributed by atoms with van der Waals surface area (Å²) >= 11 is 0. The largest absolute Gasteiger partial charge is 0.495 e. The molecule has 0 aliphatic carbocycles. The Balaban J connectivity index is 2.85. The molecule has 0 unspecified atom stereocenters. The van der Waals surface area contributed by atoms with Crippen molar-refractivity contribution in [3.8, 4) is 5.75 Å². The van der Waals surface area contributed by atoms with Gasteiger partial charge in [-0.15, -0.1) is 0 Å². The second-order valence-electron chi connectivity index (χ2n) is 3.98. The predicted octanol–water partition coefficient (Wildman–Crippen LogP) is 0.567. The second-order valence-corrected chi connectivity index (χ2v) is 3.98. The van der Waals surface area contributed by atoms with Gasteiger partial charge in [0.05, 0.1) is 12.8 Å². The van der Waals surface area contributed by atoms with Crippen LogP contribution in [0.4, 0.5) is 11.4 Å². The van der Waals surface area contributed by atoms with Gasteiger partial charge in [-0.25, -0.2) is 0 Å². The highest BCUT2D eigenvalue weighted by Gasteiger charge is 2.09. The molecule has 0 aliphatic rings. The monoisotopic (exact) mass is 281 g/mol. The summed E-state index contributed by atoms with van der Waals surface area (Å²) in [4.78, 5) is 23.0. The summed E-state index contributed by atoms with van der Waals surface area (Å²) < 4.78 is 9.88. The van der Waals surface area contributed by atoms with Crippen LogP contribution in [-0.4, -0.2) is 39.2 Å². The van der Waals surface area contributed by atoms with Gasteiger partial charge in [0.2, 0.25) is 11.8 Å². The summed E-state index contributed by atoms with van der Waals surface area (Å²) in [6.45, 7) is 0.222. The van der Waals surface area contributed by atoms with Crippen molar-refractivity contribution < 1.29 is 19.1 Å². The minimum atomic E-state index is -0.281. The van der Waals surface area contributed by atoms with Gasteiger partial charge in [-0.2, -0.15) is 0 Å². The van der Waals surface area contributed by atoms with E-state index in [1.807, 2.05) is 0 Å². The third-order valence-electron chi connectivity index (χ3n) is 2.40. The third kappa shape index (κ3) is 4.87. The molecule has 0 bridgehead atoms. The van der Waals surface area contributed by atoms with Crippen LogP contribution < -0.4 is 21.1 Å². The highest BCUT2D eigenvalue weighted by molar-refractivity contribution is 5.95. The van der Waals surface area contributed by atoms with Crippen LogP contribution in [0.3, 0.4) is 0 Å². The Morgan fingerprint density at radius 1 is 1.20 bits per heavy atom. The van der Waals surface area contributed by atoms with E-state index in [2.05, 4.69) is 10.6 Å². The second kappa shape index (κ2) is 8.13. The zero-order valence-corrected chi connectivity index (χ0v) is 11.6. The molecule has 7 nitrogen and oxygen atoms in total. The highest BCUT2D eigenvalue weighted by atomic mass is 16.5. The third-order valence-corrected chi connectivity index (χ3v) is 2.40. The van der Waals surface area contributed by atoms with Gasteiger partial charge < -0.3 is 25.8 Å². The molecule has 0 atom stereocenters. The quantitative estimate of drug-likeness (QED) is 0.678. The van der Waals surface area contributed by atoms with Gasteiger partial charge >= 0.3 is 0 Å². The predicted molar refractivity (Wildman–Crippen MR) is 75.8 cm³/mol. The molecule has 1 aromatic carbocycles. The Hall–Kier alpha value is -2.12. The Kier molecular flexibility index (Phi) is 6.48. The van der Waals surface area contributed by atoms with E-state index in [9.17, 15) is 9.59 Å². The first-order valence-corrected chi connectivity index (χ1v) is 6.07. The smallest absolute Gasteiger partial charge is 0.250 e. The summed E-state index contributed by atoms with van der Waals surface area (Å²) in [6, 6.07) is 4.94. The molecule has 7 heteroatoms. The van der Waals surface area contributed by atoms with E-state index in [1.165, 1.54) is 14.2 Å². The van der Waals surface area contributed by atoms with Gasteiger partial charge in [0.25, 0.3) is 0 Å². The summed E-state index contributed by atoms with van der Waals surface area (Å²) in [7, 11) is 2.93. The Morgan fingerprint density at radius 3 is 2.55 bits per heavy atom. The number of rotatable bonds is 7. The SMILES string of the molecule is COCC(=O)Nc1ccc(OC)c(NC(=O)CCN)c1. The van der Waals surface area contributed by atoms with Crippen molar-refractivity contribution in [3.05, 3.63) is 18.2 Å². The van der Waals surface area contributed by atoms with Crippen molar-refractivity contribution in [1.82, 2.24) is 0 Å². The van der Waals surface area contributed by atoms with Crippen LogP contribution in [0.2, 0.25) is 0 Å². The molecule has 20 heavy (non-hydrogen) atoms. The van der Waals surface area contributed by atoms with Crippen LogP contribution in [0.25, 0.3) is 0 Å². The maximum Gasteiger partial charge on any atom is 0.250 e. The van der Waals surface area contributed by atoms with Crippen LogP contribution in [0.5, 0.6) is 5.75 Å². The van der Waals surface area contributed by atoms with Gasteiger partial charge in [0.15, 0.2) is 0 Å². The van der Waals surface area contributed by atoms with Crippen LogP contribution in [0, 0.1) is 0 Å². The highest BCUT2D eigenvalue weighted by Crippen LogP contribution is 2.27. The van der Waals surface area contributed by atoms with E-state index >= 15 is 0 Å². The minimum Gasteiger partial charge on any atom is -0.495 e. The molecule has 1 rings (SSSR count). The molecule has 0 saturated heterocycles. The normalized spacial score (nSPS) is 9.95. The number of hydrogen-bond donors (Lipinski definition) is 3. The van der Waals surface area contributed by atoms with Gasteiger partial charge in [0, 0.05) is 25.8 Å². The van der Waals surface area contributed by atoms with Crippen molar-refractivity contribution >= 4 is 23.2 Å². The summed E-state index contributed by atoms with van der Waals surface area (Å²) in [5.74, 6) is 0.00295. The Morgan fingerprint density at radius 2 is 1.95 bits per heavy atom. The maximum absolute atomic E-state index is 11.6. The fourth-order valence-electron chi connectivity index (χ4n) is 1.56. The number of hydrogen-bond acceptors (Lipinski definition) is 5. The zero-order chi connectivity index (χ0) is 15.0. The first kappa shape index (κ1) is 15.9. The number of carbonyl (C=O) groups is 2. The standard InChI is InChI=1S/C13H19N3O4/c1-19-8-13(18)15-9-3-4-11(20-2)10(7-9)16-12(17)5-6-14/h3-4,7H,5-6,8,14H2,1-2H3,(H,15,18)(H,16,17). The van der Waals surface area contributed by atoms with E-state index in [-0.39, 0.29) is 31.4 Å². The van der Waals surface area contributed by atoms with Gasteiger partial charge in [-0.1, -0.05) is 0 Å². The molecule has 4 N–H and O–H groups in total. The molecular weight excluding hydrogens is 262 g/mol. The fourth-order valence-corrected chi connectivity index (χ4v) is 1.56. The lowest BCUT2D eigenvalue weighted by molar-refractivity contribution is -0.119. The van der Waals surface area contributed by atoms with E-state index in [0.717, 1.165) is 0 Å². The lowest BCUT2D eigenvalue weighted by Gasteiger charge is -2.12. The minimum absolute atomic E-state index is 0.0408. The number of amides is 2. The molecule has 0 saturated carbocycles. The number of methoxy groups -OCH3 is 2. The average molecular weight is 281 g/mol. The zero-order valence-electron chi connectivity index (χ0n) is 11.6.